The molecule has 0 aliphatic carbocycles. The molecule has 2 heterocycles. The maximum Gasteiger partial charge on any atom is 0.418 e. The molecule has 0 aromatic carbocycles. The van der Waals surface area contributed by atoms with Crippen LogP contribution in [0.3, 0.4) is 0 Å². The van der Waals surface area contributed by atoms with Gasteiger partial charge in [0.25, 0.3) is 0 Å². The number of nitrogens with two attached hydrogens (primary N) is 1. The van der Waals surface area contributed by atoms with Crippen molar-refractivity contribution >= 4 is 22.8 Å². The van der Waals surface area contributed by atoms with Gasteiger partial charge in [0.1, 0.15) is 0 Å². The predicted molar refractivity (Wildman–Crippen MR) is 73.3 cm³/mol. The number of rotatable bonds is 7. The van der Waals surface area contributed by atoms with E-state index in [2.05, 4.69) is 9.12 Å². The number of piperidine rings is 1. The molecule has 2 bridgehead atoms. The number of nitrogens with one attached hydrogen (secondary N) is 1. The fourth-order valence-electron chi connectivity index (χ4n) is 2.06. The van der Waals surface area contributed by atoms with Gasteiger partial charge in [-0.25, -0.2) is 10.3 Å². The third-order valence-electron chi connectivity index (χ3n) is 2.94. The number of carbonyl (C=O) groups excluding carboxylic acids is 2. The summed E-state index contributed by atoms with van der Waals surface area (Å²) in [5.74, 6) is 0. The Hall–Kier alpha value is -1.47. The Kier molecular flexibility index (Phi) is 7.47. The molecule has 0 unspecified atom stereocenters. The molecule has 1 atom stereocenters. The van der Waals surface area contributed by atoms with Gasteiger partial charge in [0.05, 0.1) is 12.6 Å². The third kappa shape index (κ3) is 6.11. The van der Waals surface area contributed by atoms with Gasteiger partial charge >= 0.3 is 16.4 Å². The second-order valence-electron chi connectivity index (χ2n) is 4.58. The highest BCUT2D eigenvalue weighted by molar-refractivity contribution is 7.80. The number of hydrogen-bond donors (Lipinski definition) is 3. The molecule has 0 aromatic heterocycles. The van der Waals surface area contributed by atoms with Crippen LogP contribution in [-0.4, -0.2) is 67.7 Å². The second-order valence-corrected chi connectivity index (χ2v) is 5.58. The molecule has 2 fully saturated rings. The lowest BCUT2D eigenvalue weighted by atomic mass is 10.1. The van der Waals surface area contributed by atoms with Gasteiger partial charge in [0.2, 0.25) is 6.41 Å². The minimum absolute atomic E-state index is 0.266. The molecule has 3 amide bonds. The molecule has 11 nitrogen and oxygen atoms in total. The van der Waals surface area contributed by atoms with Crippen LogP contribution in [0.5, 0.6) is 0 Å². The first-order chi connectivity index (χ1) is 10.4. The van der Waals surface area contributed by atoms with Gasteiger partial charge in [-0.3, -0.25) is 14.2 Å². The molecular weight excluding hydrogens is 320 g/mol. The third-order valence-corrected chi connectivity index (χ3v) is 3.29. The van der Waals surface area contributed by atoms with E-state index in [-0.39, 0.29) is 6.04 Å². The summed E-state index contributed by atoms with van der Waals surface area (Å²) in [4.78, 5) is 26.9. The first-order valence-corrected chi connectivity index (χ1v) is 8.01. The average molecular weight is 340 g/mol. The molecule has 2 saturated heterocycles. The maximum absolute atomic E-state index is 11.4. The largest absolute Gasteiger partial charge is 0.418 e. The van der Waals surface area contributed by atoms with Crippen LogP contribution < -0.4 is 11.2 Å². The molecule has 4 N–H and O–H groups in total. The molecule has 0 aromatic rings. The summed E-state index contributed by atoms with van der Waals surface area (Å²) in [5, 5.41) is 0.738. The van der Waals surface area contributed by atoms with E-state index in [1.807, 2.05) is 5.48 Å². The van der Waals surface area contributed by atoms with Crippen molar-refractivity contribution in [2.75, 3.05) is 26.2 Å². The standard InChI is InChI=1S/C6H10N2O5S.C4H10N2O2/c9-6-7-3-1-2-5(4-7)8(6)13-14(10,11)12;5-2-1-3-8-6-4-7/h5H,1-4H2,(H,10,11,12);4H,1-3,5H2,(H,6,7)/t5-;/m1./s1. The van der Waals surface area contributed by atoms with Gasteiger partial charge in [0.15, 0.2) is 0 Å². The van der Waals surface area contributed by atoms with E-state index in [0.717, 1.165) is 17.9 Å². The van der Waals surface area contributed by atoms with Crippen molar-refractivity contribution in [3.8, 4) is 0 Å². The number of nitrogens with zero attached hydrogens (tertiary/aromatic N) is 2. The molecular formula is C10H20N4O7S. The summed E-state index contributed by atoms with van der Waals surface area (Å²) in [7, 11) is -4.60. The molecule has 0 radical (unpaired) electrons. The molecule has 2 aliphatic heterocycles. The van der Waals surface area contributed by atoms with E-state index in [1.165, 1.54) is 4.90 Å². The smallest absolute Gasteiger partial charge is 0.330 e. The number of hydroxylamine groups is 3. The van der Waals surface area contributed by atoms with Crippen molar-refractivity contribution in [2.45, 2.75) is 25.3 Å². The fourth-order valence-corrected chi connectivity index (χ4v) is 2.45. The van der Waals surface area contributed by atoms with E-state index in [0.29, 0.717) is 39.1 Å². The summed E-state index contributed by atoms with van der Waals surface area (Å²) in [5.41, 5.74) is 7.16. The Morgan fingerprint density at radius 3 is 2.77 bits per heavy atom. The van der Waals surface area contributed by atoms with Gasteiger partial charge in [-0.2, -0.15) is 13.5 Å². The minimum Gasteiger partial charge on any atom is -0.330 e. The summed E-state index contributed by atoms with van der Waals surface area (Å²) >= 11 is 0. The number of carbonyl (C=O) groups is 2. The number of fused-ring (bicyclic) bond motifs is 2. The Labute approximate surface area is 128 Å². The maximum atomic E-state index is 11.4. The Morgan fingerprint density at radius 1 is 1.50 bits per heavy atom. The van der Waals surface area contributed by atoms with Crippen LogP contribution in [0.2, 0.25) is 0 Å². The molecule has 22 heavy (non-hydrogen) atoms. The number of urea groups is 1. The van der Waals surface area contributed by atoms with Crippen LogP contribution in [0, 0.1) is 0 Å². The van der Waals surface area contributed by atoms with Crippen molar-refractivity contribution in [3.05, 3.63) is 0 Å². The molecule has 12 heteroatoms. The monoisotopic (exact) mass is 340 g/mol. The van der Waals surface area contributed by atoms with E-state index >= 15 is 0 Å². The van der Waals surface area contributed by atoms with Crippen LogP contribution >= 0.6 is 0 Å². The van der Waals surface area contributed by atoms with E-state index in [1.54, 1.807) is 0 Å². The molecule has 0 spiro atoms. The predicted octanol–water partition coefficient (Wildman–Crippen LogP) is -1.37. The summed E-state index contributed by atoms with van der Waals surface area (Å²) < 4.78 is 33.5. The van der Waals surface area contributed by atoms with Gasteiger partial charge in [-0.05, 0) is 25.8 Å². The van der Waals surface area contributed by atoms with Crippen LogP contribution in [0.4, 0.5) is 4.79 Å². The number of hydrogen-bond acceptors (Lipinski definition) is 7. The first-order valence-electron chi connectivity index (χ1n) is 6.65. The van der Waals surface area contributed by atoms with E-state index in [9.17, 15) is 18.0 Å². The highest BCUT2D eigenvalue weighted by atomic mass is 32.3. The highest BCUT2D eigenvalue weighted by Gasteiger charge is 2.42. The first kappa shape index (κ1) is 18.6. The van der Waals surface area contributed by atoms with Gasteiger partial charge in [-0.1, -0.05) is 0 Å². The van der Waals surface area contributed by atoms with Crippen LogP contribution in [0.15, 0.2) is 0 Å². The summed E-state index contributed by atoms with van der Waals surface area (Å²) in [6.45, 7) is 2.14. The molecule has 2 rings (SSSR count). The Balaban J connectivity index is 0.000000261. The zero-order chi connectivity index (χ0) is 16.6. The minimum atomic E-state index is -4.60. The van der Waals surface area contributed by atoms with Crippen molar-refractivity contribution in [2.24, 2.45) is 5.73 Å². The van der Waals surface area contributed by atoms with E-state index in [4.69, 9.17) is 10.3 Å². The highest BCUT2D eigenvalue weighted by Crippen LogP contribution is 2.25. The fraction of sp³-hybridized carbons (Fsp3) is 0.800. The lowest BCUT2D eigenvalue weighted by Crippen LogP contribution is -2.35. The van der Waals surface area contributed by atoms with Gasteiger partial charge < -0.3 is 10.6 Å². The zero-order valence-electron chi connectivity index (χ0n) is 11.9. The normalized spacial score (nSPS) is 20.5. The average Bonchev–Trinajstić information content (AvgIpc) is 2.67. The van der Waals surface area contributed by atoms with Crippen molar-refractivity contribution in [1.29, 1.82) is 0 Å². The Bertz CT molecular complexity index is 472. The lowest BCUT2D eigenvalue weighted by Gasteiger charge is -2.20. The van der Waals surface area contributed by atoms with Gasteiger partial charge in [-0.15, -0.1) is 4.28 Å². The van der Waals surface area contributed by atoms with Crippen LogP contribution in [0.1, 0.15) is 19.3 Å². The van der Waals surface area contributed by atoms with Crippen LogP contribution in [-0.2, 0) is 24.3 Å². The molecule has 2 aliphatic rings. The SMILES string of the molecule is NCCCONC=O.O=C1N2CCC[C@H](C2)N1OS(=O)(=O)O. The number of amides is 3. The molecule has 0 saturated carbocycles. The molecule has 128 valence electrons. The van der Waals surface area contributed by atoms with Crippen molar-refractivity contribution in [1.82, 2.24) is 15.4 Å². The van der Waals surface area contributed by atoms with Gasteiger partial charge in [0, 0.05) is 13.1 Å². The van der Waals surface area contributed by atoms with E-state index < -0.39 is 16.4 Å². The summed E-state index contributed by atoms with van der Waals surface area (Å²) in [6.07, 6.45) is 2.76. The Morgan fingerprint density at radius 2 is 2.23 bits per heavy atom. The zero-order valence-corrected chi connectivity index (χ0v) is 12.7. The topological polar surface area (TPSA) is 151 Å². The van der Waals surface area contributed by atoms with Crippen LogP contribution in [0.25, 0.3) is 0 Å². The quantitative estimate of drug-likeness (QED) is 0.222. The summed E-state index contributed by atoms with van der Waals surface area (Å²) in [6, 6.07) is -0.761. The second kappa shape index (κ2) is 8.85. The van der Waals surface area contributed by atoms with Crippen molar-refractivity contribution < 1.29 is 31.7 Å². The van der Waals surface area contributed by atoms with Crippen molar-refractivity contribution in [3.63, 3.8) is 0 Å². The lowest BCUT2D eigenvalue weighted by molar-refractivity contribution is -0.120.